The standard InChI is InChI=1S/C29H36N2O3/c1-2-19-7-11-25(12-8-19)34-28-13-10-21-9-6-20(14-26(21)27(28)17-30)18-31-23-4-3-5-24(31)16-22(15-23)29(32)33/h6,9-10,13-14,19,22-25H,2-5,7-8,11-12,15-16,18H2,1H3,(H,32,33)/t19-,22?,23?,24?,25+. The molecule has 0 amide bonds. The highest BCUT2D eigenvalue weighted by Crippen LogP contribution is 2.39. The second kappa shape index (κ2) is 9.96. The van der Waals surface area contributed by atoms with Crippen LogP contribution in [0.5, 0.6) is 5.75 Å². The van der Waals surface area contributed by atoms with Gasteiger partial charge in [-0.3, -0.25) is 9.69 Å². The Morgan fingerprint density at radius 2 is 1.79 bits per heavy atom. The van der Waals surface area contributed by atoms with Crippen LogP contribution < -0.4 is 4.74 Å². The third kappa shape index (κ3) is 4.66. The zero-order valence-corrected chi connectivity index (χ0v) is 20.2. The summed E-state index contributed by atoms with van der Waals surface area (Å²) >= 11 is 0. The quantitative estimate of drug-likeness (QED) is 0.549. The molecule has 3 aliphatic rings. The van der Waals surface area contributed by atoms with Crippen molar-refractivity contribution in [3.05, 3.63) is 41.5 Å². The summed E-state index contributed by atoms with van der Waals surface area (Å²) in [4.78, 5) is 14.1. The number of carbonyl (C=O) groups is 1. The Balaban J connectivity index is 1.36. The number of aliphatic carboxylic acids is 1. The zero-order chi connectivity index (χ0) is 23.7. The molecule has 1 N–H and O–H groups in total. The molecule has 2 atom stereocenters. The number of rotatable bonds is 6. The van der Waals surface area contributed by atoms with Gasteiger partial charge in [-0.15, -0.1) is 0 Å². The number of carboxylic acid groups (broad SMARTS) is 1. The minimum Gasteiger partial charge on any atom is -0.489 e. The Morgan fingerprint density at radius 3 is 2.44 bits per heavy atom. The second-order valence-corrected chi connectivity index (χ2v) is 10.7. The summed E-state index contributed by atoms with van der Waals surface area (Å²) < 4.78 is 6.37. The van der Waals surface area contributed by atoms with Crippen LogP contribution in [0.15, 0.2) is 30.3 Å². The van der Waals surface area contributed by atoms with Crippen molar-refractivity contribution in [1.29, 1.82) is 5.26 Å². The van der Waals surface area contributed by atoms with Gasteiger partial charge in [-0.25, -0.2) is 0 Å². The van der Waals surface area contributed by atoms with Crippen molar-refractivity contribution in [1.82, 2.24) is 4.90 Å². The maximum atomic E-state index is 11.6. The molecule has 180 valence electrons. The maximum absolute atomic E-state index is 11.6. The van der Waals surface area contributed by atoms with Gasteiger partial charge < -0.3 is 9.84 Å². The van der Waals surface area contributed by atoms with E-state index in [4.69, 9.17) is 4.74 Å². The fourth-order valence-corrected chi connectivity index (χ4v) is 6.65. The summed E-state index contributed by atoms with van der Waals surface area (Å²) in [5, 5.41) is 21.6. The first-order valence-corrected chi connectivity index (χ1v) is 13.2. The van der Waals surface area contributed by atoms with Crippen LogP contribution in [0.1, 0.15) is 82.3 Å². The Bertz CT molecular complexity index is 1070. The van der Waals surface area contributed by atoms with Gasteiger partial charge in [-0.2, -0.15) is 5.26 Å². The van der Waals surface area contributed by atoms with E-state index in [1.165, 1.54) is 31.2 Å². The molecule has 0 spiro atoms. The molecule has 2 heterocycles. The summed E-state index contributed by atoms with van der Waals surface area (Å²) in [5.74, 6) is 0.679. The lowest BCUT2D eigenvalue weighted by Crippen LogP contribution is -2.52. The van der Waals surface area contributed by atoms with Crippen molar-refractivity contribution in [2.24, 2.45) is 11.8 Å². The molecular formula is C29H36N2O3. The number of hydrogen-bond acceptors (Lipinski definition) is 4. The number of carboxylic acids is 1. The van der Waals surface area contributed by atoms with Crippen molar-refractivity contribution in [2.45, 2.75) is 95.9 Å². The third-order valence-electron chi connectivity index (χ3n) is 8.66. The van der Waals surface area contributed by atoms with Crippen LogP contribution in [0.4, 0.5) is 0 Å². The van der Waals surface area contributed by atoms with Crippen LogP contribution in [0.2, 0.25) is 0 Å². The number of hydrogen-bond donors (Lipinski definition) is 1. The smallest absolute Gasteiger partial charge is 0.306 e. The lowest BCUT2D eigenvalue weighted by Gasteiger charge is -2.48. The summed E-state index contributed by atoms with van der Waals surface area (Å²) in [5.41, 5.74) is 1.83. The zero-order valence-electron chi connectivity index (χ0n) is 20.2. The molecule has 5 heteroatoms. The van der Waals surface area contributed by atoms with E-state index < -0.39 is 5.97 Å². The van der Waals surface area contributed by atoms with E-state index in [2.05, 4.69) is 42.2 Å². The van der Waals surface area contributed by atoms with Crippen LogP contribution in [-0.4, -0.2) is 34.2 Å². The predicted octanol–water partition coefficient (Wildman–Crippen LogP) is 6.28. The molecule has 5 nitrogen and oxygen atoms in total. The van der Waals surface area contributed by atoms with E-state index in [0.717, 1.165) is 61.8 Å². The molecule has 2 aromatic rings. The molecule has 1 saturated carbocycles. The molecule has 0 aromatic heterocycles. The van der Waals surface area contributed by atoms with Gasteiger partial charge in [0.25, 0.3) is 0 Å². The average Bonchev–Trinajstić information content (AvgIpc) is 2.84. The number of nitriles is 1. The summed E-state index contributed by atoms with van der Waals surface area (Å²) in [6.45, 7) is 3.08. The summed E-state index contributed by atoms with van der Waals surface area (Å²) in [6, 6.07) is 13.6. The molecule has 2 saturated heterocycles. The summed E-state index contributed by atoms with van der Waals surface area (Å²) in [6.07, 6.45) is 10.8. The van der Waals surface area contributed by atoms with Gasteiger partial charge in [0, 0.05) is 24.0 Å². The van der Waals surface area contributed by atoms with Crippen molar-refractivity contribution in [3.8, 4) is 11.8 Å². The van der Waals surface area contributed by atoms with Crippen molar-refractivity contribution in [3.63, 3.8) is 0 Å². The van der Waals surface area contributed by atoms with Crippen LogP contribution in [-0.2, 0) is 11.3 Å². The van der Waals surface area contributed by atoms with Gasteiger partial charge >= 0.3 is 5.97 Å². The first-order chi connectivity index (χ1) is 16.6. The minimum absolute atomic E-state index is 0.199. The molecule has 2 aromatic carbocycles. The molecule has 2 bridgehead atoms. The van der Waals surface area contributed by atoms with Gasteiger partial charge in [-0.1, -0.05) is 38.0 Å². The van der Waals surface area contributed by atoms with Gasteiger partial charge in [-0.05, 0) is 80.4 Å². The Labute approximate surface area is 202 Å². The Morgan fingerprint density at radius 1 is 1.09 bits per heavy atom. The van der Waals surface area contributed by atoms with E-state index in [1.807, 2.05) is 6.07 Å². The largest absolute Gasteiger partial charge is 0.489 e. The van der Waals surface area contributed by atoms with Crippen LogP contribution in [0, 0.1) is 23.2 Å². The maximum Gasteiger partial charge on any atom is 0.306 e. The number of nitrogens with zero attached hydrogens (tertiary/aromatic N) is 2. The molecule has 1 aliphatic carbocycles. The Hall–Kier alpha value is -2.58. The topological polar surface area (TPSA) is 73.6 Å². The molecular weight excluding hydrogens is 424 g/mol. The lowest BCUT2D eigenvalue weighted by molar-refractivity contribution is -0.146. The van der Waals surface area contributed by atoms with Gasteiger partial charge in [0.15, 0.2) is 0 Å². The number of ether oxygens (including phenoxy) is 1. The predicted molar refractivity (Wildman–Crippen MR) is 133 cm³/mol. The first kappa shape index (κ1) is 23.2. The Kier molecular flexibility index (Phi) is 6.79. The SMILES string of the molecule is CC[C@H]1CC[C@@H](Oc2ccc3ccc(CN4C5CCCC4CC(C(=O)O)C5)cc3c2C#N)CC1. The van der Waals surface area contributed by atoms with Gasteiger partial charge in [0.1, 0.15) is 17.4 Å². The molecule has 3 fully saturated rings. The van der Waals surface area contributed by atoms with E-state index in [0.29, 0.717) is 23.4 Å². The van der Waals surface area contributed by atoms with Crippen LogP contribution in [0.3, 0.4) is 0 Å². The molecule has 0 radical (unpaired) electrons. The van der Waals surface area contributed by atoms with Crippen molar-refractivity contribution in [2.75, 3.05) is 0 Å². The molecule has 5 rings (SSSR count). The van der Waals surface area contributed by atoms with Crippen LogP contribution in [0.25, 0.3) is 10.8 Å². The lowest BCUT2D eigenvalue weighted by atomic mass is 9.78. The fourth-order valence-electron chi connectivity index (χ4n) is 6.65. The normalized spacial score (nSPS) is 29.5. The van der Waals surface area contributed by atoms with Crippen molar-refractivity contribution < 1.29 is 14.6 Å². The average molecular weight is 461 g/mol. The minimum atomic E-state index is -0.642. The second-order valence-electron chi connectivity index (χ2n) is 10.7. The number of fused-ring (bicyclic) bond motifs is 3. The third-order valence-corrected chi connectivity index (χ3v) is 8.66. The van der Waals surface area contributed by atoms with Crippen molar-refractivity contribution >= 4 is 16.7 Å². The van der Waals surface area contributed by atoms with Gasteiger partial charge in [0.2, 0.25) is 0 Å². The van der Waals surface area contributed by atoms with E-state index in [9.17, 15) is 15.2 Å². The highest BCUT2D eigenvalue weighted by Gasteiger charge is 2.40. The fraction of sp³-hybridized carbons (Fsp3) is 0.586. The molecule has 2 aliphatic heterocycles. The number of benzene rings is 2. The highest BCUT2D eigenvalue weighted by atomic mass is 16.5. The first-order valence-electron chi connectivity index (χ1n) is 13.2. The van der Waals surface area contributed by atoms with E-state index in [-0.39, 0.29) is 12.0 Å². The van der Waals surface area contributed by atoms with Crippen LogP contribution >= 0.6 is 0 Å². The highest BCUT2D eigenvalue weighted by molar-refractivity contribution is 5.90. The van der Waals surface area contributed by atoms with Gasteiger partial charge in [0.05, 0.1) is 12.0 Å². The number of piperidine rings is 2. The summed E-state index contributed by atoms with van der Waals surface area (Å²) in [7, 11) is 0. The molecule has 34 heavy (non-hydrogen) atoms. The van der Waals surface area contributed by atoms with E-state index in [1.54, 1.807) is 0 Å². The molecule has 2 unspecified atom stereocenters. The monoisotopic (exact) mass is 460 g/mol. The van der Waals surface area contributed by atoms with E-state index >= 15 is 0 Å².